The van der Waals surface area contributed by atoms with Gasteiger partial charge in [-0.1, -0.05) is 23.9 Å². The van der Waals surface area contributed by atoms with E-state index < -0.39 is 0 Å². The number of nitrogens with zero attached hydrogens (tertiary/aromatic N) is 1. The van der Waals surface area contributed by atoms with Crippen molar-refractivity contribution in [3.8, 4) is 0 Å². The van der Waals surface area contributed by atoms with E-state index in [9.17, 15) is 0 Å². The second-order valence-corrected chi connectivity index (χ2v) is 5.54. The second kappa shape index (κ2) is 5.11. The number of aryl methyl sites for hydroxylation is 1. The van der Waals surface area contributed by atoms with Crippen LogP contribution in [-0.4, -0.2) is 16.5 Å². The Morgan fingerprint density at radius 1 is 1.32 bits per heavy atom. The van der Waals surface area contributed by atoms with Crippen molar-refractivity contribution in [2.24, 2.45) is 5.73 Å². The maximum absolute atomic E-state index is 5.83. The van der Waals surface area contributed by atoms with Crippen molar-refractivity contribution in [3.05, 3.63) is 47.9 Å². The molecule has 2 aromatic heterocycles. The molecule has 0 fully saturated rings. The van der Waals surface area contributed by atoms with E-state index in [-0.39, 0.29) is 5.25 Å². The molecule has 3 rings (SSSR count). The molecule has 98 valence electrons. The average molecular weight is 273 g/mol. The fourth-order valence-corrected chi connectivity index (χ4v) is 2.90. The van der Waals surface area contributed by atoms with Crippen molar-refractivity contribution in [2.45, 2.75) is 17.3 Å². The van der Waals surface area contributed by atoms with Crippen molar-refractivity contribution in [1.29, 1.82) is 0 Å². The van der Waals surface area contributed by atoms with Crippen molar-refractivity contribution in [2.75, 3.05) is 6.54 Å². The van der Waals surface area contributed by atoms with Crippen LogP contribution in [0.5, 0.6) is 0 Å². The van der Waals surface area contributed by atoms with E-state index in [0.717, 1.165) is 27.7 Å². The van der Waals surface area contributed by atoms with E-state index in [1.165, 1.54) is 0 Å². The summed E-state index contributed by atoms with van der Waals surface area (Å²) in [6.45, 7) is 2.44. The summed E-state index contributed by atoms with van der Waals surface area (Å²) < 4.78 is 5.64. The number of H-pyrrole nitrogens is 1. The molecule has 1 aromatic carbocycles. The predicted molar refractivity (Wildman–Crippen MR) is 77.2 cm³/mol. The zero-order valence-electron chi connectivity index (χ0n) is 10.6. The number of aromatic nitrogens is 2. The first-order valence-corrected chi connectivity index (χ1v) is 7.02. The number of aromatic amines is 1. The summed E-state index contributed by atoms with van der Waals surface area (Å²) >= 11 is 1.60. The third-order valence-electron chi connectivity index (χ3n) is 2.91. The number of hydrogen-bond donors (Lipinski definition) is 2. The molecule has 0 spiro atoms. The minimum Gasteiger partial charge on any atom is -0.465 e. The maximum Gasteiger partial charge on any atom is 0.167 e. The fraction of sp³-hybridized carbons (Fsp3) is 0.214. The maximum atomic E-state index is 5.83. The Morgan fingerprint density at radius 2 is 2.16 bits per heavy atom. The third-order valence-corrected chi connectivity index (χ3v) is 4.04. The Labute approximate surface area is 115 Å². The zero-order chi connectivity index (χ0) is 13.2. The lowest BCUT2D eigenvalue weighted by atomic mass is 10.3. The molecule has 0 aliphatic rings. The molecule has 0 aliphatic heterocycles. The number of para-hydroxylation sites is 2. The summed E-state index contributed by atoms with van der Waals surface area (Å²) in [5, 5.41) is 0.944. The Morgan fingerprint density at radius 3 is 2.84 bits per heavy atom. The first-order valence-electron chi connectivity index (χ1n) is 6.14. The van der Waals surface area contributed by atoms with Gasteiger partial charge in [-0.15, -0.1) is 0 Å². The molecule has 19 heavy (non-hydrogen) atoms. The van der Waals surface area contributed by atoms with Crippen molar-refractivity contribution >= 4 is 22.8 Å². The molecule has 5 heteroatoms. The van der Waals surface area contributed by atoms with Crippen molar-refractivity contribution in [3.63, 3.8) is 0 Å². The van der Waals surface area contributed by atoms with Gasteiger partial charge in [0.25, 0.3) is 0 Å². The number of imidazole rings is 1. The Hall–Kier alpha value is -1.72. The van der Waals surface area contributed by atoms with E-state index in [1.54, 1.807) is 11.8 Å². The molecule has 2 heterocycles. The molecular formula is C14H15N3OS. The van der Waals surface area contributed by atoms with Gasteiger partial charge in [0, 0.05) is 6.54 Å². The minimum absolute atomic E-state index is 0.0780. The average Bonchev–Trinajstić information content (AvgIpc) is 3.01. The van der Waals surface area contributed by atoms with Crippen LogP contribution < -0.4 is 5.73 Å². The van der Waals surface area contributed by atoms with Crippen LogP contribution in [0.25, 0.3) is 11.0 Å². The van der Waals surface area contributed by atoms with Crippen LogP contribution in [0, 0.1) is 6.92 Å². The molecule has 3 aromatic rings. The first-order chi connectivity index (χ1) is 9.26. The molecule has 0 saturated heterocycles. The molecule has 0 amide bonds. The van der Waals surface area contributed by atoms with Crippen LogP contribution in [0.15, 0.2) is 46.0 Å². The van der Waals surface area contributed by atoms with Gasteiger partial charge in [-0.25, -0.2) is 4.98 Å². The van der Waals surface area contributed by atoms with E-state index in [0.29, 0.717) is 6.54 Å². The van der Waals surface area contributed by atoms with Crippen LogP contribution in [0.1, 0.15) is 16.8 Å². The second-order valence-electron chi connectivity index (χ2n) is 4.35. The number of furan rings is 1. The highest BCUT2D eigenvalue weighted by molar-refractivity contribution is 7.99. The quantitative estimate of drug-likeness (QED) is 0.716. The number of nitrogens with one attached hydrogen (secondary N) is 1. The van der Waals surface area contributed by atoms with Gasteiger partial charge >= 0.3 is 0 Å². The normalized spacial score (nSPS) is 12.9. The first kappa shape index (κ1) is 12.3. The fourth-order valence-electron chi connectivity index (χ4n) is 1.97. The Kier molecular flexibility index (Phi) is 3.31. The molecule has 4 nitrogen and oxygen atoms in total. The summed E-state index contributed by atoms with van der Waals surface area (Å²) in [4.78, 5) is 7.83. The highest BCUT2D eigenvalue weighted by Crippen LogP contribution is 2.34. The van der Waals surface area contributed by atoms with Crippen LogP contribution in [-0.2, 0) is 0 Å². The number of rotatable bonds is 4. The summed E-state index contributed by atoms with van der Waals surface area (Å²) in [7, 11) is 0. The summed E-state index contributed by atoms with van der Waals surface area (Å²) in [5.41, 5.74) is 7.84. The summed E-state index contributed by atoms with van der Waals surface area (Å²) in [5.74, 6) is 1.80. The topological polar surface area (TPSA) is 67.8 Å². The number of benzene rings is 1. The summed E-state index contributed by atoms with van der Waals surface area (Å²) in [6, 6.07) is 11.9. The van der Waals surface area contributed by atoms with Crippen LogP contribution in [0.3, 0.4) is 0 Å². The number of hydrogen-bond acceptors (Lipinski definition) is 4. The third kappa shape index (κ3) is 2.52. The van der Waals surface area contributed by atoms with Gasteiger partial charge in [-0.05, 0) is 31.2 Å². The van der Waals surface area contributed by atoms with E-state index in [2.05, 4.69) is 9.97 Å². The molecule has 0 bridgehead atoms. The molecule has 1 unspecified atom stereocenters. The molecule has 0 aliphatic carbocycles. The SMILES string of the molecule is Cc1ccc(C(CN)Sc2nc3ccccc3[nH]2)o1. The number of nitrogens with two attached hydrogens (primary N) is 1. The molecule has 0 saturated carbocycles. The molecular weight excluding hydrogens is 258 g/mol. The van der Waals surface area contributed by atoms with E-state index >= 15 is 0 Å². The van der Waals surface area contributed by atoms with E-state index in [4.69, 9.17) is 10.2 Å². The standard InChI is InChI=1S/C14H15N3OS/c1-9-6-7-12(18-9)13(8-15)19-14-16-10-4-2-3-5-11(10)17-14/h2-7,13H,8,15H2,1H3,(H,16,17). The van der Waals surface area contributed by atoms with Crippen molar-refractivity contribution < 1.29 is 4.42 Å². The predicted octanol–water partition coefficient (Wildman–Crippen LogP) is 3.26. The highest BCUT2D eigenvalue weighted by atomic mass is 32.2. The van der Waals surface area contributed by atoms with Gasteiger partial charge in [0.05, 0.1) is 16.3 Å². The van der Waals surface area contributed by atoms with Crippen LogP contribution >= 0.6 is 11.8 Å². The van der Waals surface area contributed by atoms with Gasteiger partial charge in [0.1, 0.15) is 11.5 Å². The summed E-state index contributed by atoms with van der Waals surface area (Å²) in [6.07, 6.45) is 0. The lowest BCUT2D eigenvalue weighted by Crippen LogP contribution is -2.08. The smallest absolute Gasteiger partial charge is 0.167 e. The van der Waals surface area contributed by atoms with E-state index in [1.807, 2.05) is 43.3 Å². The lowest BCUT2D eigenvalue weighted by Gasteiger charge is -2.09. The molecule has 3 N–H and O–H groups in total. The number of fused-ring (bicyclic) bond motifs is 1. The molecule has 0 radical (unpaired) electrons. The zero-order valence-corrected chi connectivity index (χ0v) is 11.4. The largest absolute Gasteiger partial charge is 0.465 e. The molecule has 1 atom stereocenters. The minimum atomic E-state index is 0.0780. The van der Waals surface area contributed by atoms with Gasteiger partial charge in [-0.2, -0.15) is 0 Å². The van der Waals surface area contributed by atoms with Gasteiger partial charge in [0.2, 0.25) is 0 Å². The highest BCUT2D eigenvalue weighted by Gasteiger charge is 2.17. The van der Waals surface area contributed by atoms with Crippen LogP contribution in [0.4, 0.5) is 0 Å². The monoisotopic (exact) mass is 273 g/mol. The van der Waals surface area contributed by atoms with Gasteiger partial charge in [0.15, 0.2) is 5.16 Å². The van der Waals surface area contributed by atoms with Gasteiger partial charge < -0.3 is 15.1 Å². The van der Waals surface area contributed by atoms with Crippen LogP contribution in [0.2, 0.25) is 0 Å². The lowest BCUT2D eigenvalue weighted by molar-refractivity contribution is 0.481. The number of thioether (sulfide) groups is 1. The Balaban J connectivity index is 1.86. The Bertz CT molecular complexity index is 656. The van der Waals surface area contributed by atoms with Crippen molar-refractivity contribution in [1.82, 2.24) is 9.97 Å². The van der Waals surface area contributed by atoms with Gasteiger partial charge in [-0.3, -0.25) is 0 Å².